The van der Waals surface area contributed by atoms with Crippen LogP contribution in [0.15, 0.2) is 5.10 Å². The van der Waals surface area contributed by atoms with Crippen LogP contribution in [0.25, 0.3) is 0 Å². The van der Waals surface area contributed by atoms with Gasteiger partial charge in [0.05, 0.1) is 0 Å². The Hall–Kier alpha value is -1.92. The summed E-state index contributed by atoms with van der Waals surface area (Å²) in [6.07, 6.45) is 2.90. The zero-order valence-corrected chi connectivity index (χ0v) is 11.2. The predicted molar refractivity (Wildman–Crippen MR) is 70.7 cm³/mol. The number of nitrogens with zero attached hydrogens (tertiary/aromatic N) is 2. The number of carbonyl (C=O) groups is 3. The summed E-state index contributed by atoms with van der Waals surface area (Å²) < 4.78 is 0. The summed E-state index contributed by atoms with van der Waals surface area (Å²) in [4.78, 5) is 36.6. The molecule has 0 bridgehead atoms. The second-order valence-corrected chi connectivity index (χ2v) is 5.61. The number of hydrazone groups is 1. The molecule has 7 nitrogen and oxygen atoms in total. The summed E-state index contributed by atoms with van der Waals surface area (Å²) in [7, 11) is 0. The van der Waals surface area contributed by atoms with Gasteiger partial charge in [0.2, 0.25) is 11.8 Å². The molecule has 2 saturated heterocycles. The zero-order chi connectivity index (χ0) is 14.1. The number of fused-ring (bicyclic) bond motifs is 1. The molecule has 7 heteroatoms. The third-order valence-electron chi connectivity index (χ3n) is 4.26. The molecule has 2 N–H and O–H groups in total. The summed E-state index contributed by atoms with van der Waals surface area (Å²) in [5.74, 6) is 0.227. The van der Waals surface area contributed by atoms with Crippen molar-refractivity contribution in [2.45, 2.75) is 38.1 Å². The maximum atomic E-state index is 12.4. The lowest BCUT2D eigenvalue weighted by atomic mass is 9.85. The Bertz CT molecular complexity index is 488. The number of rotatable bonds is 1. The van der Waals surface area contributed by atoms with Gasteiger partial charge >= 0.3 is 0 Å². The number of hydrogen-bond donors (Lipinski definition) is 2. The van der Waals surface area contributed by atoms with Crippen LogP contribution in [0.2, 0.25) is 0 Å². The van der Waals surface area contributed by atoms with E-state index < -0.39 is 0 Å². The molecular formula is C13H18N4O3. The molecule has 3 heterocycles. The smallest absolute Gasteiger partial charge is 0.270 e. The van der Waals surface area contributed by atoms with Crippen molar-refractivity contribution in [3.63, 3.8) is 0 Å². The fourth-order valence-corrected chi connectivity index (χ4v) is 3.11. The Labute approximate surface area is 116 Å². The van der Waals surface area contributed by atoms with Crippen molar-refractivity contribution in [2.24, 2.45) is 11.0 Å². The number of nitrogens with one attached hydrogen (secondary N) is 2. The molecule has 3 aliphatic heterocycles. The van der Waals surface area contributed by atoms with Crippen LogP contribution in [0.1, 0.15) is 32.1 Å². The van der Waals surface area contributed by atoms with E-state index in [2.05, 4.69) is 15.8 Å². The molecule has 3 amide bonds. The van der Waals surface area contributed by atoms with Gasteiger partial charge in [0.25, 0.3) is 5.91 Å². The van der Waals surface area contributed by atoms with E-state index in [0.717, 1.165) is 12.8 Å². The third kappa shape index (κ3) is 2.52. The lowest BCUT2D eigenvalue weighted by Gasteiger charge is -2.41. The number of piperidine rings is 2. The highest BCUT2D eigenvalue weighted by Crippen LogP contribution is 2.25. The molecule has 20 heavy (non-hydrogen) atoms. The van der Waals surface area contributed by atoms with Crippen LogP contribution in [0.5, 0.6) is 0 Å². The molecule has 0 spiro atoms. The van der Waals surface area contributed by atoms with Crippen LogP contribution in [0.3, 0.4) is 0 Å². The van der Waals surface area contributed by atoms with Crippen molar-refractivity contribution in [2.75, 3.05) is 13.1 Å². The van der Waals surface area contributed by atoms with Crippen LogP contribution in [0.4, 0.5) is 0 Å². The highest BCUT2D eigenvalue weighted by Gasteiger charge is 2.36. The number of likely N-dealkylation sites (tertiary alicyclic amines) is 1. The quantitative estimate of drug-likeness (QED) is 0.669. The molecule has 2 unspecified atom stereocenters. The van der Waals surface area contributed by atoms with Gasteiger partial charge in [-0.1, -0.05) is 0 Å². The van der Waals surface area contributed by atoms with Crippen LogP contribution in [-0.2, 0) is 14.4 Å². The van der Waals surface area contributed by atoms with Crippen molar-refractivity contribution in [3.8, 4) is 0 Å². The lowest BCUT2D eigenvalue weighted by molar-refractivity contribution is -0.129. The molecule has 0 aliphatic carbocycles. The van der Waals surface area contributed by atoms with E-state index in [4.69, 9.17) is 0 Å². The van der Waals surface area contributed by atoms with E-state index in [9.17, 15) is 14.4 Å². The van der Waals surface area contributed by atoms with E-state index in [-0.39, 0.29) is 23.8 Å². The minimum atomic E-state index is -0.143. The van der Waals surface area contributed by atoms with Crippen LogP contribution < -0.4 is 10.7 Å². The summed E-state index contributed by atoms with van der Waals surface area (Å²) >= 11 is 0. The molecule has 0 aromatic carbocycles. The topological polar surface area (TPSA) is 90.9 Å². The van der Waals surface area contributed by atoms with Gasteiger partial charge in [0, 0.05) is 38.4 Å². The molecule has 2 fully saturated rings. The van der Waals surface area contributed by atoms with Gasteiger partial charge in [-0.25, -0.2) is 5.43 Å². The normalized spacial score (nSPS) is 30.0. The van der Waals surface area contributed by atoms with E-state index in [1.165, 1.54) is 0 Å². The van der Waals surface area contributed by atoms with E-state index in [0.29, 0.717) is 44.0 Å². The summed E-state index contributed by atoms with van der Waals surface area (Å²) in [6.45, 7) is 1.30. The highest BCUT2D eigenvalue weighted by atomic mass is 16.2. The second-order valence-electron chi connectivity index (χ2n) is 5.61. The van der Waals surface area contributed by atoms with Crippen molar-refractivity contribution in [1.29, 1.82) is 0 Å². The third-order valence-corrected chi connectivity index (χ3v) is 4.26. The number of carbonyl (C=O) groups excluding carboxylic acids is 3. The van der Waals surface area contributed by atoms with Gasteiger partial charge in [0.1, 0.15) is 5.71 Å². The molecule has 108 valence electrons. The monoisotopic (exact) mass is 278 g/mol. The van der Waals surface area contributed by atoms with Gasteiger partial charge in [-0.3, -0.25) is 14.4 Å². The second kappa shape index (κ2) is 5.22. The molecule has 3 rings (SSSR count). The van der Waals surface area contributed by atoms with E-state index in [1.807, 2.05) is 0 Å². The first-order chi connectivity index (χ1) is 9.63. The predicted octanol–water partition coefficient (Wildman–Crippen LogP) is -0.620. The first kappa shape index (κ1) is 13.1. The lowest BCUT2D eigenvalue weighted by Crippen LogP contribution is -2.56. The van der Waals surface area contributed by atoms with Gasteiger partial charge in [0.15, 0.2) is 0 Å². The van der Waals surface area contributed by atoms with Gasteiger partial charge < -0.3 is 10.2 Å². The Morgan fingerprint density at radius 3 is 2.75 bits per heavy atom. The Morgan fingerprint density at radius 2 is 2.00 bits per heavy atom. The standard InChI is InChI=1S/C13H18N4O3/c18-11-3-1-8-7-17(6-5-9(8)14-11)13(20)10-2-4-12(19)16-15-10/h8-9H,1-7H2,(H,14,18)(H,16,19). The molecule has 2 atom stereocenters. The Kier molecular flexibility index (Phi) is 3.42. The fourth-order valence-electron chi connectivity index (χ4n) is 3.11. The van der Waals surface area contributed by atoms with Gasteiger partial charge in [-0.05, 0) is 18.8 Å². The van der Waals surface area contributed by atoms with Crippen molar-refractivity contribution < 1.29 is 14.4 Å². The summed E-state index contributed by atoms with van der Waals surface area (Å²) in [5, 5.41) is 6.86. The Balaban J connectivity index is 1.63. The van der Waals surface area contributed by atoms with Crippen molar-refractivity contribution in [3.05, 3.63) is 0 Å². The van der Waals surface area contributed by atoms with Crippen molar-refractivity contribution >= 4 is 23.4 Å². The number of hydrogen-bond acceptors (Lipinski definition) is 4. The van der Waals surface area contributed by atoms with Gasteiger partial charge in [-0.15, -0.1) is 0 Å². The summed E-state index contributed by atoms with van der Waals surface area (Å²) in [6, 6.07) is 0.202. The molecule has 0 saturated carbocycles. The molecular weight excluding hydrogens is 260 g/mol. The van der Waals surface area contributed by atoms with E-state index in [1.54, 1.807) is 4.90 Å². The van der Waals surface area contributed by atoms with E-state index >= 15 is 0 Å². The van der Waals surface area contributed by atoms with Crippen LogP contribution >= 0.6 is 0 Å². The molecule has 0 aromatic rings. The zero-order valence-electron chi connectivity index (χ0n) is 11.2. The van der Waals surface area contributed by atoms with Gasteiger partial charge in [-0.2, -0.15) is 5.10 Å². The number of amides is 3. The average Bonchev–Trinajstić information content (AvgIpc) is 2.47. The maximum absolute atomic E-state index is 12.4. The summed E-state index contributed by atoms with van der Waals surface area (Å²) in [5.41, 5.74) is 2.79. The van der Waals surface area contributed by atoms with Crippen molar-refractivity contribution in [1.82, 2.24) is 15.6 Å². The molecule has 0 aromatic heterocycles. The fraction of sp³-hybridized carbons (Fsp3) is 0.692. The minimum absolute atomic E-state index is 0.0830. The van der Waals surface area contributed by atoms with Crippen LogP contribution in [0, 0.1) is 5.92 Å². The molecule has 3 aliphatic rings. The average molecular weight is 278 g/mol. The SMILES string of the molecule is O=C1CCC(C(=O)N2CCC3NC(=O)CCC3C2)=NN1. The largest absolute Gasteiger partial charge is 0.353 e. The Morgan fingerprint density at radius 1 is 1.15 bits per heavy atom. The maximum Gasteiger partial charge on any atom is 0.270 e. The minimum Gasteiger partial charge on any atom is -0.353 e. The first-order valence-corrected chi connectivity index (χ1v) is 7.07. The highest BCUT2D eigenvalue weighted by molar-refractivity contribution is 6.39. The first-order valence-electron chi connectivity index (χ1n) is 7.07. The van der Waals surface area contributed by atoms with Crippen LogP contribution in [-0.4, -0.2) is 47.5 Å². The molecule has 0 radical (unpaired) electrons.